The number of rotatable bonds is 3. The normalized spacial score (nSPS) is 29.3. The molecule has 1 nitrogen and oxygen atoms in total. The SMILES string of the molecule is CC1CCC(C(O)Cc2ccsc2)C1. The van der Waals surface area contributed by atoms with Crippen LogP contribution in [0.3, 0.4) is 0 Å². The van der Waals surface area contributed by atoms with Crippen LogP contribution in [-0.4, -0.2) is 11.2 Å². The smallest absolute Gasteiger partial charge is 0.0609 e. The van der Waals surface area contributed by atoms with Crippen molar-refractivity contribution >= 4 is 11.3 Å². The van der Waals surface area contributed by atoms with E-state index in [1.165, 1.54) is 24.8 Å². The lowest BCUT2D eigenvalue weighted by Gasteiger charge is -2.17. The molecule has 0 bridgehead atoms. The molecular formula is C12H18OS. The van der Waals surface area contributed by atoms with Crippen LogP contribution in [-0.2, 0) is 6.42 Å². The van der Waals surface area contributed by atoms with Crippen LogP contribution in [0.2, 0.25) is 0 Å². The number of aliphatic hydroxyl groups excluding tert-OH is 1. The van der Waals surface area contributed by atoms with Gasteiger partial charge in [-0.25, -0.2) is 0 Å². The van der Waals surface area contributed by atoms with E-state index in [1.54, 1.807) is 11.3 Å². The van der Waals surface area contributed by atoms with Crippen LogP contribution in [0.1, 0.15) is 31.7 Å². The van der Waals surface area contributed by atoms with Gasteiger partial charge in [0.2, 0.25) is 0 Å². The molecule has 1 aromatic rings. The van der Waals surface area contributed by atoms with Crippen LogP contribution in [0.15, 0.2) is 16.8 Å². The van der Waals surface area contributed by atoms with Gasteiger partial charge in [0.05, 0.1) is 6.10 Å². The summed E-state index contributed by atoms with van der Waals surface area (Å²) in [6.07, 6.45) is 4.46. The molecule has 2 heteroatoms. The van der Waals surface area contributed by atoms with Gasteiger partial charge >= 0.3 is 0 Å². The first-order valence-electron chi connectivity index (χ1n) is 5.45. The summed E-state index contributed by atoms with van der Waals surface area (Å²) in [6.45, 7) is 2.29. The first-order chi connectivity index (χ1) is 6.75. The van der Waals surface area contributed by atoms with Gasteiger partial charge in [-0.05, 0) is 53.5 Å². The molecule has 3 unspecified atom stereocenters. The molecule has 1 aromatic heterocycles. The van der Waals surface area contributed by atoms with Crippen molar-refractivity contribution in [1.29, 1.82) is 0 Å². The maximum atomic E-state index is 10.0. The maximum Gasteiger partial charge on any atom is 0.0609 e. The molecule has 0 saturated heterocycles. The monoisotopic (exact) mass is 210 g/mol. The Kier molecular flexibility index (Phi) is 3.24. The van der Waals surface area contributed by atoms with Crippen LogP contribution >= 0.6 is 11.3 Å². The molecule has 0 amide bonds. The van der Waals surface area contributed by atoms with E-state index in [0.29, 0.717) is 5.92 Å². The first-order valence-corrected chi connectivity index (χ1v) is 6.39. The second kappa shape index (κ2) is 4.45. The average molecular weight is 210 g/mol. The highest BCUT2D eigenvalue weighted by Crippen LogP contribution is 2.33. The van der Waals surface area contributed by atoms with Gasteiger partial charge in [-0.1, -0.05) is 13.3 Å². The Morgan fingerprint density at radius 2 is 2.43 bits per heavy atom. The number of hydrogen-bond acceptors (Lipinski definition) is 2. The van der Waals surface area contributed by atoms with Crippen molar-refractivity contribution in [3.8, 4) is 0 Å². The van der Waals surface area contributed by atoms with Crippen molar-refractivity contribution in [1.82, 2.24) is 0 Å². The summed E-state index contributed by atoms with van der Waals surface area (Å²) >= 11 is 1.71. The lowest BCUT2D eigenvalue weighted by atomic mass is 9.95. The summed E-state index contributed by atoms with van der Waals surface area (Å²) < 4.78 is 0. The minimum Gasteiger partial charge on any atom is -0.392 e. The van der Waals surface area contributed by atoms with Gasteiger partial charge in [0.25, 0.3) is 0 Å². The molecule has 3 atom stereocenters. The van der Waals surface area contributed by atoms with Gasteiger partial charge in [0.15, 0.2) is 0 Å². The van der Waals surface area contributed by atoms with Crippen molar-refractivity contribution < 1.29 is 5.11 Å². The first kappa shape index (κ1) is 10.2. The van der Waals surface area contributed by atoms with E-state index < -0.39 is 0 Å². The summed E-state index contributed by atoms with van der Waals surface area (Å²) in [6, 6.07) is 2.12. The Morgan fingerprint density at radius 1 is 1.57 bits per heavy atom. The molecule has 2 rings (SSSR count). The van der Waals surface area contributed by atoms with Crippen LogP contribution in [0.5, 0.6) is 0 Å². The van der Waals surface area contributed by atoms with E-state index in [1.807, 2.05) is 0 Å². The highest BCUT2D eigenvalue weighted by atomic mass is 32.1. The summed E-state index contributed by atoms with van der Waals surface area (Å²) in [5.74, 6) is 1.36. The average Bonchev–Trinajstić information content (AvgIpc) is 2.75. The highest BCUT2D eigenvalue weighted by Gasteiger charge is 2.27. The highest BCUT2D eigenvalue weighted by molar-refractivity contribution is 7.07. The summed E-state index contributed by atoms with van der Waals surface area (Å²) in [5.41, 5.74) is 1.29. The van der Waals surface area contributed by atoms with Crippen LogP contribution < -0.4 is 0 Å². The Balaban J connectivity index is 1.87. The molecule has 14 heavy (non-hydrogen) atoms. The molecule has 1 aliphatic carbocycles. The number of thiophene rings is 1. The zero-order chi connectivity index (χ0) is 9.97. The molecule has 0 aromatic carbocycles. The Morgan fingerprint density at radius 3 is 3.00 bits per heavy atom. The number of aliphatic hydroxyl groups is 1. The maximum absolute atomic E-state index is 10.0. The van der Waals surface area contributed by atoms with E-state index in [2.05, 4.69) is 23.8 Å². The molecular weight excluding hydrogens is 192 g/mol. The van der Waals surface area contributed by atoms with Crippen molar-refractivity contribution in [2.75, 3.05) is 0 Å². The van der Waals surface area contributed by atoms with Crippen LogP contribution in [0.4, 0.5) is 0 Å². The van der Waals surface area contributed by atoms with E-state index in [4.69, 9.17) is 0 Å². The zero-order valence-electron chi connectivity index (χ0n) is 8.65. The molecule has 78 valence electrons. The molecule has 0 aliphatic heterocycles. The minimum atomic E-state index is -0.116. The number of hydrogen-bond donors (Lipinski definition) is 1. The molecule has 1 N–H and O–H groups in total. The molecule has 1 fully saturated rings. The fraction of sp³-hybridized carbons (Fsp3) is 0.667. The van der Waals surface area contributed by atoms with E-state index in [0.717, 1.165) is 12.3 Å². The zero-order valence-corrected chi connectivity index (χ0v) is 9.46. The van der Waals surface area contributed by atoms with Crippen molar-refractivity contribution in [2.24, 2.45) is 11.8 Å². The standard InChI is InChI=1S/C12H18OS/c1-9-2-3-11(6-9)12(13)7-10-4-5-14-8-10/h4-5,8-9,11-13H,2-3,6-7H2,1H3. The minimum absolute atomic E-state index is 0.116. The van der Waals surface area contributed by atoms with Crippen molar-refractivity contribution in [3.63, 3.8) is 0 Å². The fourth-order valence-electron chi connectivity index (χ4n) is 2.42. The van der Waals surface area contributed by atoms with Gasteiger partial charge in [-0.2, -0.15) is 11.3 Å². The topological polar surface area (TPSA) is 20.2 Å². The predicted molar refractivity (Wildman–Crippen MR) is 60.5 cm³/mol. The molecule has 0 spiro atoms. The fourth-order valence-corrected chi connectivity index (χ4v) is 3.10. The summed E-state index contributed by atoms with van der Waals surface area (Å²) in [5, 5.41) is 14.3. The second-order valence-electron chi connectivity index (χ2n) is 4.58. The van der Waals surface area contributed by atoms with E-state index in [9.17, 15) is 5.11 Å². The van der Waals surface area contributed by atoms with Gasteiger partial charge < -0.3 is 5.11 Å². The van der Waals surface area contributed by atoms with E-state index >= 15 is 0 Å². The Bertz CT molecular complexity index is 268. The third-order valence-electron chi connectivity index (χ3n) is 3.30. The van der Waals surface area contributed by atoms with Crippen LogP contribution in [0.25, 0.3) is 0 Å². The molecule has 0 radical (unpaired) electrons. The second-order valence-corrected chi connectivity index (χ2v) is 5.36. The Hall–Kier alpha value is -0.340. The summed E-state index contributed by atoms with van der Waals surface area (Å²) in [7, 11) is 0. The molecule has 1 heterocycles. The summed E-state index contributed by atoms with van der Waals surface area (Å²) in [4.78, 5) is 0. The van der Waals surface area contributed by atoms with Gasteiger partial charge in [0, 0.05) is 0 Å². The van der Waals surface area contributed by atoms with Gasteiger partial charge in [-0.15, -0.1) is 0 Å². The lowest BCUT2D eigenvalue weighted by molar-refractivity contribution is 0.109. The van der Waals surface area contributed by atoms with E-state index in [-0.39, 0.29) is 6.10 Å². The van der Waals surface area contributed by atoms with Crippen LogP contribution in [0, 0.1) is 11.8 Å². The molecule has 1 aliphatic rings. The van der Waals surface area contributed by atoms with Crippen molar-refractivity contribution in [2.45, 2.75) is 38.7 Å². The van der Waals surface area contributed by atoms with Gasteiger partial charge in [-0.3, -0.25) is 0 Å². The lowest BCUT2D eigenvalue weighted by Crippen LogP contribution is -2.20. The largest absolute Gasteiger partial charge is 0.392 e. The molecule has 1 saturated carbocycles. The third-order valence-corrected chi connectivity index (χ3v) is 4.04. The van der Waals surface area contributed by atoms with Crippen molar-refractivity contribution in [3.05, 3.63) is 22.4 Å². The van der Waals surface area contributed by atoms with Gasteiger partial charge in [0.1, 0.15) is 0 Å². The quantitative estimate of drug-likeness (QED) is 0.813. The third kappa shape index (κ3) is 2.37. The predicted octanol–water partition coefficient (Wildman–Crippen LogP) is 3.09. The Labute approximate surface area is 89.8 Å².